The van der Waals surface area contributed by atoms with Gasteiger partial charge in [-0.2, -0.15) is 0 Å². The highest BCUT2D eigenvalue weighted by atomic mass is 16.2. The second-order valence-electron chi connectivity index (χ2n) is 5.95. The van der Waals surface area contributed by atoms with Crippen LogP contribution >= 0.6 is 0 Å². The molecule has 1 amide bonds. The Kier molecular flexibility index (Phi) is 5.18. The van der Waals surface area contributed by atoms with E-state index in [4.69, 9.17) is 0 Å². The van der Waals surface area contributed by atoms with Gasteiger partial charge in [-0.15, -0.1) is 0 Å². The molecular weight excluding hydrogens is 248 g/mol. The summed E-state index contributed by atoms with van der Waals surface area (Å²) in [5, 5.41) is 3.03. The van der Waals surface area contributed by atoms with Crippen LogP contribution in [0.2, 0.25) is 0 Å². The summed E-state index contributed by atoms with van der Waals surface area (Å²) in [5.74, 6) is 0.107. The van der Waals surface area contributed by atoms with Crippen LogP contribution in [0.15, 0.2) is 18.2 Å². The van der Waals surface area contributed by atoms with Crippen LogP contribution in [0.25, 0.3) is 0 Å². The van der Waals surface area contributed by atoms with Crippen molar-refractivity contribution in [1.29, 1.82) is 0 Å². The van der Waals surface area contributed by atoms with Crippen LogP contribution in [0.3, 0.4) is 0 Å². The first-order valence-electron chi connectivity index (χ1n) is 7.70. The Bertz CT molecular complexity index is 450. The molecule has 1 heterocycles. The summed E-state index contributed by atoms with van der Waals surface area (Å²) < 4.78 is 0. The molecule has 1 atom stereocenters. The fraction of sp³-hybridized carbons (Fsp3) is 0.588. The van der Waals surface area contributed by atoms with Crippen LogP contribution in [0.5, 0.6) is 0 Å². The van der Waals surface area contributed by atoms with Gasteiger partial charge in [0.15, 0.2) is 0 Å². The van der Waals surface area contributed by atoms with Gasteiger partial charge in [-0.25, -0.2) is 0 Å². The van der Waals surface area contributed by atoms with Gasteiger partial charge in [-0.3, -0.25) is 9.69 Å². The van der Waals surface area contributed by atoms with Crippen molar-refractivity contribution in [2.24, 2.45) is 0 Å². The minimum atomic E-state index is 0.107. The average molecular weight is 274 g/mol. The van der Waals surface area contributed by atoms with Gasteiger partial charge in [0.05, 0.1) is 6.54 Å². The first kappa shape index (κ1) is 15.0. The number of nitrogens with one attached hydrogen (secondary N) is 1. The van der Waals surface area contributed by atoms with E-state index in [0.29, 0.717) is 12.6 Å². The van der Waals surface area contributed by atoms with Crippen LogP contribution in [-0.2, 0) is 4.79 Å². The SMILES string of the molecule is CCC1CCCCN1CC(=O)Nc1cc(C)cc(C)c1. The number of anilines is 1. The van der Waals surface area contributed by atoms with Gasteiger partial charge >= 0.3 is 0 Å². The second kappa shape index (κ2) is 6.89. The molecule has 3 heteroatoms. The van der Waals surface area contributed by atoms with Crippen LogP contribution < -0.4 is 5.32 Å². The summed E-state index contributed by atoms with van der Waals surface area (Å²) >= 11 is 0. The molecule has 0 radical (unpaired) electrons. The fourth-order valence-corrected chi connectivity index (χ4v) is 3.16. The minimum Gasteiger partial charge on any atom is -0.325 e. The monoisotopic (exact) mass is 274 g/mol. The van der Waals surface area contributed by atoms with Crippen LogP contribution in [0.1, 0.15) is 43.7 Å². The number of likely N-dealkylation sites (tertiary alicyclic amines) is 1. The lowest BCUT2D eigenvalue weighted by molar-refractivity contribution is -0.118. The second-order valence-corrected chi connectivity index (χ2v) is 5.95. The van der Waals surface area contributed by atoms with Gasteiger partial charge in [0.25, 0.3) is 0 Å². The fourth-order valence-electron chi connectivity index (χ4n) is 3.16. The Balaban J connectivity index is 1.94. The Morgan fingerprint density at radius 1 is 1.25 bits per heavy atom. The van der Waals surface area contributed by atoms with Crippen molar-refractivity contribution < 1.29 is 4.79 Å². The van der Waals surface area contributed by atoms with E-state index in [1.807, 2.05) is 12.1 Å². The molecule has 1 N–H and O–H groups in total. The molecule has 1 fully saturated rings. The topological polar surface area (TPSA) is 32.3 Å². The van der Waals surface area contributed by atoms with Gasteiger partial charge in [0.2, 0.25) is 5.91 Å². The standard InChI is InChI=1S/C17H26N2O/c1-4-16-7-5-6-8-19(16)12-17(20)18-15-10-13(2)9-14(3)11-15/h9-11,16H,4-8,12H2,1-3H3,(H,18,20). The van der Waals surface area contributed by atoms with E-state index in [1.165, 1.54) is 30.4 Å². The van der Waals surface area contributed by atoms with Crippen LogP contribution in [0.4, 0.5) is 5.69 Å². The average Bonchev–Trinajstić information content (AvgIpc) is 2.37. The molecule has 1 saturated heterocycles. The third-order valence-electron chi connectivity index (χ3n) is 4.07. The molecule has 3 nitrogen and oxygen atoms in total. The summed E-state index contributed by atoms with van der Waals surface area (Å²) in [5.41, 5.74) is 3.28. The van der Waals surface area contributed by atoms with Gasteiger partial charge in [0.1, 0.15) is 0 Å². The summed E-state index contributed by atoms with van der Waals surface area (Å²) in [4.78, 5) is 14.5. The largest absolute Gasteiger partial charge is 0.325 e. The van der Waals surface area contributed by atoms with Crippen molar-refractivity contribution in [3.8, 4) is 0 Å². The maximum absolute atomic E-state index is 12.2. The van der Waals surface area contributed by atoms with E-state index >= 15 is 0 Å². The first-order chi connectivity index (χ1) is 9.58. The molecular formula is C17H26N2O. The van der Waals surface area contributed by atoms with E-state index in [9.17, 15) is 4.79 Å². The third-order valence-corrected chi connectivity index (χ3v) is 4.07. The minimum absolute atomic E-state index is 0.107. The van der Waals surface area contributed by atoms with E-state index in [2.05, 4.69) is 37.1 Å². The van der Waals surface area contributed by atoms with Crippen molar-refractivity contribution in [3.63, 3.8) is 0 Å². The first-order valence-corrected chi connectivity index (χ1v) is 7.70. The lowest BCUT2D eigenvalue weighted by Gasteiger charge is -2.34. The number of nitrogens with zero attached hydrogens (tertiary/aromatic N) is 1. The molecule has 0 saturated carbocycles. The van der Waals surface area contributed by atoms with E-state index in [0.717, 1.165) is 18.7 Å². The summed E-state index contributed by atoms with van der Waals surface area (Å²) in [6.45, 7) is 7.90. The zero-order valence-corrected chi connectivity index (χ0v) is 12.9. The van der Waals surface area contributed by atoms with E-state index in [-0.39, 0.29) is 5.91 Å². The van der Waals surface area contributed by atoms with Crippen molar-refractivity contribution in [2.75, 3.05) is 18.4 Å². The molecule has 1 aliphatic heterocycles. The maximum Gasteiger partial charge on any atom is 0.238 e. The Morgan fingerprint density at radius 3 is 2.60 bits per heavy atom. The number of amides is 1. The molecule has 1 aromatic rings. The van der Waals surface area contributed by atoms with Gasteiger partial charge in [-0.1, -0.05) is 19.4 Å². The van der Waals surface area contributed by atoms with Gasteiger partial charge < -0.3 is 5.32 Å². The summed E-state index contributed by atoms with van der Waals surface area (Å²) in [7, 11) is 0. The quantitative estimate of drug-likeness (QED) is 0.911. The predicted molar refractivity (Wildman–Crippen MR) is 84.0 cm³/mol. The number of carbonyl (C=O) groups excluding carboxylic acids is 1. The zero-order valence-electron chi connectivity index (χ0n) is 12.9. The smallest absolute Gasteiger partial charge is 0.238 e. The normalized spacial score (nSPS) is 19.9. The molecule has 0 aromatic heterocycles. The summed E-state index contributed by atoms with van der Waals surface area (Å²) in [6, 6.07) is 6.75. The van der Waals surface area contributed by atoms with Gasteiger partial charge in [0, 0.05) is 11.7 Å². The predicted octanol–water partition coefficient (Wildman–Crippen LogP) is 3.51. The van der Waals surface area contributed by atoms with Crippen molar-refractivity contribution in [2.45, 2.75) is 52.5 Å². The van der Waals surface area contributed by atoms with Crippen molar-refractivity contribution >= 4 is 11.6 Å². The highest BCUT2D eigenvalue weighted by Crippen LogP contribution is 2.19. The molecule has 110 valence electrons. The van der Waals surface area contributed by atoms with Crippen molar-refractivity contribution in [3.05, 3.63) is 29.3 Å². The van der Waals surface area contributed by atoms with Gasteiger partial charge in [-0.05, 0) is 62.9 Å². The third kappa shape index (κ3) is 4.07. The number of carbonyl (C=O) groups is 1. The summed E-state index contributed by atoms with van der Waals surface area (Å²) in [6.07, 6.45) is 4.88. The molecule has 1 aliphatic rings. The highest BCUT2D eigenvalue weighted by molar-refractivity contribution is 5.92. The molecule has 0 spiro atoms. The maximum atomic E-state index is 12.2. The lowest BCUT2D eigenvalue weighted by Crippen LogP contribution is -2.43. The Hall–Kier alpha value is -1.35. The van der Waals surface area contributed by atoms with Crippen LogP contribution in [0, 0.1) is 13.8 Å². The van der Waals surface area contributed by atoms with Crippen molar-refractivity contribution in [1.82, 2.24) is 4.90 Å². The highest BCUT2D eigenvalue weighted by Gasteiger charge is 2.22. The zero-order chi connectivity index (χ0) is 14.5. The Morgan fingerprint density at radius 2 is 1.95 bits per heavy atom. The Labute approximate surface area is 122 Å². The number of hydrogen-bond acceptors (Lipinski definition) is 2. The molecule has 1 aromatic carbocycles. The molecule has 0 bridgehead atoms. The molecule has 2 rings (SSSR count). The number of piperidine rings is 1. The number of hydrogen-bond donors (Lipinski definition) is 1. The van der Waals surface area contributed by atoms with E-state index in [1.54, 1.807) is 0 Å². The molecule has 1 unspecified atom stereocenters. The molecule has 20 heavy (non-hydrogen) atoms. The number of rotatable bonds is 4. The van der Waals surface area contributed by atoms with Crippen LogP contribution in [-0.4, -0.2) is 29.9 Å². The number of benzene rings is 1. The number of aryl methyl sites for hydroxylation is 2. The lowest BCUT2D eigenvalue weighted by atomic mass is 10.00. The van der Waals surface area contributed by atoms with E-state index < -0.39 is 0 Å². The molecule has 0 aliphatic carbocycles.